The molecule has 0 amide bonds. The summed E-state index contributed by atoms with van der Waals surface area (Å²) in [7, 11) is -0.395. The Morgan fingerprint density at radius 1 is 1.13 bits per heavy atom. The summed E-state index contributed by atoms with van der Waals surface area (Å²) in [6.45, 7) is 14.7. The summed E-state index contributed by atoms with van der Waals surface area (Å²) in [4.78, 5) is 0. The quantitative estimate of drug-likeness (QED) is 0.848. The fraction of sp³-hybridized carbons (Fsp3) is 0.667. The van der Waals surface area contributed by atoms with Crippen molar-refractivity contribution in [2.45, 2.75) is 59.7 Å². The lowest BCUT2D eigenvalue weighted by atomic mass is 9.78. The van der Waals surface area contributed by atoms with Gasteiger partial charge in [-0.2, -0.15) is 0 Å². The molecule has 128 valence electrons. The number of aryl methyl sites for hydroxylation is 1. The molecule has 2 rings (SSSR count). The Hall–Kier alpha value is -1.04. The van der Waals surface area contributed by atoms with E-state index in [0.717, 1.165) is 16.8 Å². The molecular weight excluding hydrogens is 291 g/mol. The second kappa shape index (κ2) is 6.12. The van der Waals surface area contributed by atoms with Crippen LogP contribution in [0.2, 0.25) is 0 Å². The van der Waals surface area contributed by atoms with Gasteiger partial charge in [0.05, 0.1) is 24.4 Å². The monoisotopic (exact) mass is 320 g/mol. The van der Waals surface area contributed by atoms with Crippen molar-refractivity contribution in [2.75, 3.05) is 13.2 Å². The van der Waals surface area contributed by atoms with E-state index < -0.39 is 7.12 Å². The maximum Gasteiger partial charge on any atom is 0.494 e. The third kappa shape index (κ3) is 3.90. The summed E-state index contributed by atoms with van der Waals surface area (Å²) in [6.07, 6.45) is 0. The first-order chi connectivity index (χ1) is 10.5. The standard InChI is InChI=1S/C18H29BO4/c1-13-8-9-14(10-15(13)21-12-16(2,3)11-20)19-22-17(4,5)18(6,7)23-19/h8-10,20H,11-12H2,1-7H3. The van der Waals surface area contributed by atoms with Gasteiger partial charge in [0.15, 0.2) is 0 Å². The molecule has 1 heterocycles. The first kappa shape index (κ1) is 18.3. The molecular formula is C18H29BO4. The zero-order valence-electron chi connectivity index (χ0n) is 15.4. The average Bonchev–Trinajstić information content (AvgIpc) is 2.66. The van der Waals surface area contributed by atoms with Gasteiger partial charge in [-0.15, -0.1) is 0 Å². The van der Waals surface area contributed by atoms with E-state index in [2.05, 4.69) is 0 Å². The third-order valence-electron chi connectivity index (χ3n) is 4.78. The van der Waals surface area contributed by atoms with Gasteiger partial charge < -0.3 is 19.2 Å². The van der Waals surface area contributed by atoms with Crippen molar-refractivity contribution in [1.82, 2.24) is 0 Å². The summed E-state index contributed by atoms with van der Waals surface area (Å²) < 4.78 is 18.1. The number of rotatable bonds is 5. The molecule has 1 saturated heterocycles. The summed E-state index contributed by atoms with van der Waals surface area (Å²) in [5.74, 6) is 0.804. The van der Waals surface area contributed by atoms with Gasteiger partial charge in [0.2, 0.25) is 0 Å². The lowest BCUT2D eigenvalue weighted by molar-refractivity contribution is 0.00578. The number of benzene rings is 1. The first-order valence-corrected chi connectivity index (χ1v) is 8.17. The maximum absolute atomic E-state index is 9.36. The minimum absolute atomic E-state index is 0.0863. The van der Waals surface area contributed by atoms with Crippen molar-refractivity contribution in [3.63, 3.8) is 0 Å². The van der Waals surface area contributed by atoms with E-state index in [0.29, 0.717) is 6.61 Å². The highest BCUT2D eigenvalue weighted by atomic mass is 16.7. The van der Waals surface area contributed by atoms with Crippen molar-refractivity contribution in [3.05, 3.63) is 23.8 Å². The van der Waals surface area contributed by atoms with Gasteiger partial charge in [0.25, 0.3) is 0 Å². The van der Waals surface area contributed by atoms with Crippen LogP contribution in [-0.2, 0) is 9.31 Å². The van der Waals surface area contributed by atoms with Crippen LogP contribution >= 0.6 is 0 Å². The van der Waals surface area contributed by atoms with Crippen LogP contribution in [0.1, 0.15) is 47.1 Å². The van der Waals surface area contributed by atoms with Gasteiger partial charge in [-0.05, 0) is 51.7 Å². The smallest absolute Gasteiger partial charge is 0.493 e. The number of hydrogen-bond acceptors (Lipinski definition) is 4. The third-order valence-corrected chi connectivity index (χ3v) is 4.78. The van der Waals surface area contributed by atoms with Crippen molar-refractivity contribution >= 4 is 12.6 Å². The molecule has 0 radical (unpaired) electrons. The van der Waals surface area contributed by atoms with Crippen LogP contribution in [0.5, 0.6) is 5.75 Å². The summed E-state index contributed by atoms with van der Waals surface area (Å²) in [5.41, 5.74) is 1.02. The van der Waals surface area contributed by atoms with Gasteiger partial charge in [-0.1, -0.05) is 26.0 Å². The van der Waals surface area contributed by atoms with E-state index >= 15 is 0 Å². The topological polar surface area (TPSA) is 47.9 Å². The summed E-state index contributed by atoms with van der Waals surface area (Å²) in [5, 5.41) is 9.36. The van der Waals surface area contributed by atoms with Crippen LogP contribution in [0.25, 0.3) is 0 Å². The highest BCUT2D eigenvalue weighted by molar-refractivity contribution is 6.62. The zero-order valence-corrected chi connectivity index (χ0v) is 15.4. The molecule has 1 aliphatic heterocycles. The highest BCUT2D eigenvalue weighted by Gasteiger charge is 2.51. The fourth-order valence-corrected chi connectivity index (χ4v) is 2.22. The van der Waals surface area contributed by atoms with E-state index in [1.54, 1.807) is 0 Å². The largest absolute Gasteiger partial charge is 0.494 e. The Labute approximate surface area is 140 Å². The molecule has 4 nitrogen and oxygen atoms in total. The Morgan fingerprint density at radius 2 is 1.70 bits per heavy atom. The number of ether oxygens (including phenoxy) is 1. The van der Waals surface area contributed by atoms with E-state index in [1.807, 2.05) is 66.7 Å². The number of aliphatic hydroxyl groups is 1. The van der Waals surface area contributed by atoms with Crippen molar-refractivity contribution in [2.24, 2.45) is 5.41 Å². The predicted octanol–water partition coefficient (Wildman–Crippen LogP) is 2.69. The Balaban J connectivity index is 2.18. The fourth-order valence-electron chi connectivity index (χ4n) is 2.22. The molecule has 1 aromatic rings. The van der Waals surface area contributed by atoms with E-state index in [4.69, 9.17) is 14.0 Å². The lowest BCUT2D eigenvalue weighted by Gasteiger charge is -2.32. The van der Waals surface area contributed by atoms with E-state index in [1.165, 1.54) is 0 Å². The van der Waals surface area contributed by atoms with Crippen LogP contribution in [0.15, 0.2) is 18.2 Å². The van der Waals surface area contributed by atoms with Gasteiger partial charge in [-0.3, -0.25) is 0 Å². The normalized spacial score (nSPS) is 19.9. The molecule has 5 heteroatoms. The molecule has 0 atom stereocenters. The van der Waals surface area contributed by atoms with Crippen molar-refractivity contribution < 1.29 is 19.2 Å². The highest BCUT2D eigenvalue weighted by Crippen LogP contribution is 2.36. The van der Waals surface area contributed by atoms with Crippen LogP contribution in [0.3, 0.4) is 0 Å². The van der Waals surface area contributed by atoms with Crippen LogP contribution in [0.4, 0.5) is 0 Å². The molecule has 1 N–H and O–H groups in total. The van der Waals surface area contributed by atoms with E-state index in [9.17, 15) is 5.11 Å². The average molecular weight is 320 g/mol. The van der Waals surface area contributed by atoms with Crippen LogP contribution < -0.4 is 10.2 Å². The minimum atomic E-state index is -0.395. The van der Waals surface area contributed by atoms with E-state index in [-0.39, 0.29) is 23.2 Å². The van der Waals surface area contributed by atoms with Crippen molar-refractivity contribution in [1.29, 1.82) is 0 Å². The molecule has 1 aliphatic rings. The van der Waals surface area contributed by atoms with Crippen LogP contribution in [0, 0.1) is 12.3 Å². The Kier molecular flexibility index (Phi) is 4.87. The predicted molar refractivity (Wildman–Crippen MR) is 93.3 cm³/mol. The second-order valence-corrected chi connectivity index (χ2v) is 8.22. The molecule has 1 aromatic carbocycles. The molecule has 0 unspecified atom stereocenters. The molecule has 23 heavy (non-hydrogen) atoms. The Bertz CT molecular complexity index is 550. The zero-order chi connectivity index (χ0) is 17.5. The van der Waals surface area contributed by atoms with Gasteiger partial charge in [-0.25, -0.2) is 0 Å². The first-order valence-electron chi connectivity index (χ1n) is 8.17. The summed E-state index contributed by atoms with van der Waals surface area (Å²) >= 11 is 0. The molecule has 0 bridgehead atoms. The Morgan fingerprint density at radius 3 is 2.22 bits per heavy atom. The molecule has 0 aliphatic carbocycles. The molecule has 0 saturated carbocycles. The molecule has 1 fully saturated rings. The molecule has 0 aromatic heterocycles. The SMILES string of the molecule is Cc1ccc(B2OC(C)(C)C(C)(C)O2)cc1OCC(C)(C)CO. The van der Waals surface area contributed by atoms with Crippen LogP contribution in [-0.4, -0.2) is 36.6 Å². The van der Waals surface area contributed by atoms with Gasteiger partial charge in [0, 0.05) is 5.41 Å². The number of hydrogen-bond donors (Lipinski definition) is 1. The lowest BCUT2D eigenvalue weighted by Crippen LogP contribution is -2.41. The summed E-state index contributed by atoms with van der Waals surface area (Å²) in [6, 6.07) is 6.01. The number of aliphatic hydroxyl groups excluding tert-OH is 1. The minimum Gasteiger partial charge on any atom is -0.493 e. The van der Waals surface area contributed by atoms with Gasteiger partial charge >= 0.3 is 7.12 Å². The maximum atomic E-state index is 9.36. The second-order valence-electron chi connectivity index (χ2n) is 8.22. The van der Waals surface area contributed by atoms with Crippen molar-refractivity contribution in [3.8, 4) is 5.75 Å². The molecule has 0 spiro atoms. The van der Waals surface area contributed by atoms with Gasteiger partial charge in [0.1, 0.15) is 5.75 Å².